The third-order valence-corrected chi connectivity index (χ3v) is 4.06. The fraction of sp³-hybridized carbons (Fsp3) is 0.231. The number of aliphatic hydroxyl groups is 1. The molecule has 1 aliphatic heterocycles. The lowest BCUT2D eigenvalue weighted by Gasteiger charge is -2.08. The van der Waals surface area contributed by atoms with Crippen LogP contribution in [0.25, 0.3) is 10.4 Å². The number of thiophene rings is 1. The van der Waals surface area contributed by atoms with Gasteiger partial charge in [0.1, 0.15) is 11.1 Å². The van der Waals surface area contributed by atoms with Gasteiger partial charge in [-0.25, -0.2) is 4.79 Å². The Hall–Kier alpha value is -1.92. The number of hydrogen-bond acceptors (Lipinski definition) is 5. The van der Waals surface area contributed by atoms with Gasteiger partial charge in [0.05, 0.1) is 13.2 Å². The quantitative estimate of drug-likeness (QED) is 0.932. The molecule has 3 heterocycles. The predicted molar refractivity (Wildman–Crippen MR) is 72.3 cm³/mol. The Morgan fingerprint density at radius 1 is 1.37 bits per heavy atom. The molecule has 1 atom stereocenters. The van der Waals surface area contributed by atoms with Crippen LogP contribution in [0.5, 0.6) is 0 Å². The minimum absolute atomic E-state index is 0.148. The maximum Gasteiger partial charge on any atom is 0.415 e. The van der Waals surface area contributed by atoms with Crippen LogP contribution in [-0.2, 0) is 4.74 Å². The molecule has 0 saturated carbocycles. The lowest BCUT2D eigenvalue weighted by Crippen LogP contribution is -2.24. The third-order valence-electron chi connectivity index (χ3n) is 2.90. The van der Waals surface area contributed by atoms with Crippen molar-refractivity contribution in [1.29, 1.82) is 0 Å². The molecular weight excluding hydrogens is 264 g/mol. The summed E-state index contributed by atoms with van der Waals surface area (Å²) in [5, 5.41) is 9.85. The van der Waals surface area contributed by atoms with Gasteiger partial charge in [-0.05, 0) is 29.8 Å². The molecule has 1 amide bonds. The summed E-state index contributed by atoms with van der Waals surface area (Å²) in [6, 6.07) is 7.71. The fourth-order valence-electron chi connectivity index (χ4n) is 1.94. The first kappa shape index (κ1) is 12.1. The molecule has 0 bridgehead atoms. The SMILES string of the molecule is O=C1OC(CO)CN1c1ccc(-c2ccncc2)s1. The largest absolute Gasteiger partial charge is 0.441 e. The van der Waals surface area contributed by atoms with E-state index in [-0.39, 0.29) is 6.61 Å². The molecule has 5 nitrogen and oxygen atoms in total. The molecule has 1 N–H and O–H groups in total. The highest BCUT2D eigenvalue weighted by Crippen LogP contribution is 2.35. The summed E-state index contributed by atoms with van der Waals surface area (Å²) in [4.78, 5) is 18.3. The summed E-state index contributed by atoms with van der Waals surface area (Å²) in [6.45, 7) is 0.246. The number of pyridine rings is 1. The Balaban J connectivity index is 1.84. The third kappa shape index (κ3) is 2.32. The van der Waals surface area contributed by atoms with E-state index < -0.39 is 12.2 Å². The summed E-state index contributed by atoms with van der Waals surface area (Å²) in [5.74, 6) is 0. The van der Waals surface area contributed by atoms with E-state index in [0.717, 1.165) is 15.4 Å². The Bertz CT molecular complexity index is 585. The molecule has 2 aromatic heterocycles. The first-order valence-electron chi connectivity index (χ1n) is 5.87. The number of aliphatic hydroxyl groups excluding tert-OH is 1. The minimum atomic E-state index is -0.432. The van der Waals surface area contributed by atoms with Gasteiger partial charge >= 0.3 is 6.09 Å². The molecule has 0 spiro atoms. The molecule has 1 aliphatic rings. The molecule has 1 fully saturated rings. The Kier molecular flexibility index (Phi) is 3.18. The summed E-state index contributed by atoms with van der Waals surface area (Å²) in [6.07, 6.45) is 2.64. The minimum Gasteiger partial charge on any atom is -0.441 e. The number of carbonyl (C=O) groups is 1. The number of rotatable bonds is 3. The van der Waals surface area contributed by atoms with Crippen molar-refractivity contribution in [3.8, 4) is 10.4 Å². The number of carbonyl (C=O) groups excluding carboxylic acids is 1. The van der Waals surface area contributed by atoms with Gasteiger partial charge in [0.15, 0.2) is 0 Å². The Morgan fingerprint density at radius 2 is 2.16 bits per heavy atom. The normalized spacial score (nSPS) is 18.7. The number of cyclic esters (lactones) is 1. The zero-order valence-corrected chi connectivity index (χ0v) is 10.8. The molecule has 2 aromatic rings. The summed E-state index contributed by atoms with van der Waals surface area (Å²) < 4.78 is 5.03. The topological polar surface area (TPSA) is 62.7 Å². The maximum atomic E-state index is 11.7. The van der Waals surface area contributed by atoms with Crippen molar-refractivity contribution in [3.63, 3.8) is 0 Å². The molecular formula is C13H12N2O3S. The van der Waals surface area contributed by atoms with Gasteiger partial charge in [-0.2, -0.15) is 0 Å². The van der Waals surface area contributed by atoms with Gasteiger partial charge in [-0.1, -0.05) is 0 Å². The second-order valence-corrected chi connectivity index (χ2v) is 5.23. The molecule has 19 heavy (non-hydrogen) atoms. The monoisotopic (exact) mass is 276 g/mol. The van der Waals surface area contributed by atoms with Crippen LogP contribution in [0.15, 0.2) is 36.7 Å². The number of ether oxygens (including phenoxy) is 1. The second kappa shape index (κ2) is 4.99. The van der Waals surface area contributed by atoms with Gasteiger partial charge in [0.2, 0.25) is 0 Å². The number of hydrogen-bond donors (Lipinski definition) is 1. The molecule has 1 unspecified atom stereocenters. The number of anilines is 1. The molecule has 0 radical (unpaired) electrons. The average molecular weight is 276 g/mol. The van der Waals surface area contributed by atoms with Crippen molar-refractivity contribution in [3.05, 3.63) is 36.7 Å². The van der Waals surface area contributed by atoms with E-state index in [0.29, 0.717) is 6.54 Å². The van der Waals surface area contributed by atoms with Gasteiger partial charge in [0, 0.05) is 17.3 Å². The number of nitrogens with zero attached hydrogens (tertiary/aromatic N) is 2. The maximum absolute atomic E-state index is 11.7. The second-order valence-electron chi connectivity index (χ2n) is 4.17. The summed E-state index contributed by atoms with van der Waals surface area (Å²) >= 11 is 1.52. The van der Waals surface area contributed by atoms with E-state index in [1.807, 2.05) is 24.3 Å². The molecule has 98 valence electrons. The summed E-state index contributed by atoms with van der Waals surface area (Å²) in [5.41, 5.74) is 1.07. The first-order valence-corrected chi connectivity index (χ1v) is 6.69. The zero-order chi connectivity index (χ0) is 13.2. The number of aromatic nitrogens is 1. The predicted octanol–water partition coefficient (Wildman–Crippen LogP) is 2.13. The zero-order valence-electron chi connectivity index (χ0n) is 10.0. The highest BCUT2D eigenvalue weighted by Gasteiger charge is 2.32. The highest BCUT2D eigenvalue weighted by atomic mass is 32.1. The van der Waals surface area contributed by atoms with Crippen LogP contribution in [0.2, 0.25) is 0 Å². The van der Waals surface area contributed by atoms with Crippen molar-refractivity contribution < 1.29 is 14.6 Å². The molecule has 0 aliphatic carbocycles. The van der Waals surface area contributed by atoms with Crippen molar-refractivity contribution in [1.82, 2.24) is 4.98 Å². The van der Waals surface area contributed by atoms with Crippen LogP contribution in [0.4, 0.5) is 9.80 Å². The molecule has 6 heteroatoms. The molecule has 1 saturated heterocycles. The average Bonchev–Trinajstić information content (AvgIpc) is 3.06. The van der Waals surface area contributed by atoms with E-state index in [9.17, 15) is 4.79 Å². The first-order chi connectivity index (χ1) is 9.28. The number of amides is 1. The van der Waals surface area contributed by atoms with E-state index in [2.05, 4.69) is 4.98 Å². The van der Waals surface area contributed by atoms with Crippen LogP contribution < -0.4 is 4.90 Å². The van der Waals surface area contributed by atoms with E-state index in [4.69, 9.17) is 9.84 Å². The van der Waals surface area contributed by atoms with Gasteiger partial charge in [-0.3, -0.25) is 9.88 Å². The van der Waals surface area contributed by atoms with Gasteiger partial charge in [-0.15, -0.1) is 11.3 Å². The Morgan fingerprint density at radius 3 is 2.84 bits per heavy atom. The molecule has 3 rings (SSSR count). The smallest absolute Gasteiger partial charge is 0.415 e. The highest BCUT2D eigenvalue weighted by molar-refractivity contribution is 7.19. The Labute approximate surface area is 114 Å². The van der Waals surface area contributed by atoms with Crippen LogP contribution >= 0.6 is 11.3 Å². The van der Waals surface area contributed by atoms with Gasteiger partial charge in [0.25, 0.3) is 0 Å². The standard InChI is InChI=1S/C13H12N2O3S/c16-8-10-7-15(13(17)18-10)12-2-1-11(19-12)9-3-5-14-6-4-9/h1-6,10,16H,7-8H2. The van der Waals surface area contributed by atoms with Crippen molar-refractivity contribution in [2.75, 3.05) is 18.1 Å². The lowest BCUT2D eigenvalue weighted by molar-refractivity contribution is 0.0963. The van der Waals surface area contributed by atoms with Crippen molar-refractivity contribution in [2.45, 2.75) is 6.10 Å². The molecule has 0 aromatic carbocycles. The van der Waals surface area contributed by atoms with E-state index in [1.54, 1.807) is 17.3 Å². The van der Waals surface area contributed by atoms with Crippen LogP contribution in [0.3, 0.4) is 0 Å². The van der Waals surface area contributed by atoms with Crippen molar-refractivity contribution >= 4 is 22.4 Å². The fourth-order valence-corrected chi connectivity index (χ4v) is 2.95. The van der Waals surface area contributed by atoms with Crippen LogP contribution in [-0.4, -0.2) is 35.4 Å². The van der Waals surface area contributed by atoms with E-state index in [1.165, 1.54) is 11.3 Å². The van der Waals surface area contributed by atoms with Gasteiger partial charge < -0.3 is 9.84 Å². The lowest BCUT2D eigenvalue weighted by atomic mass is 10.2. The van der Waals surface area contributed by atoms with E-state index >= 15 is 0 Å². The van der Waals surface area contributed by atoms with Crippen LogP contribution in [0.1, 0.15) is 0 Å². The van der Waals surface area contributed by atoms with Crippen molar-refractivity contribution in [2.24, 2.45) is 0 Å². The van der Waals surface area contributed by atoms with Crippen LogP contribution in [0, 0.1) is 0 Å². The summed E-state index contributed by atoms with van der Waals surface area (Å²) in [7, 11) is 0.